The smallest absolute Gasteiger partial charge is 0.549 e. The summed E-state index contributed by atoms with van der Waals surface area (Å²) in [5.74, 6) is -2.86. The Labute approximate surface area is 245 Å². The van der Waals surface area contributed by atoms with Crippen molar-refractivity contribution in [3.05, 3.63) is 71.8 Å². The molecule has 5 heteroatoms. The van der Waals surface area contributed by atoms with Crippen LogP contribution in [0.5, 0.6) is 0 Å². The maximum atomic E-state index is 11.2. The quantitative estimate of drug-likeness (QED) is 0.194. The molecule has 4 nitrogen and oxygen atoms in total. The zero-order valence-corrected chi connectivity index (χ0v) is 29.4. The fourth-order valence-corrected chi connectivity index (χ4v) is 4.22. The van der Waals surface area contributed by atoms with Gasteiger partial charge in [-0.3, -0.25) is 0 Å². The SMILES string of the molecule is CC(C)(C)CCCCC(C(=O)[O-])c1ccccc1.CC(C)(C)CCCCC(C(=O)[O-])c1ccccc1.[Hg+2]. The van der Waals surface area contributed by atoms with E-state index in [0.29, 0.717) is 23.7 Å². The van der Waals surface area contributed by atoms with Crippen LogP contribution in [0.15, 0.2) is 60.7 Å². The Morgan fingerprint density at radius 1 is 0.595 bits per heavy atom. The summed E-state index contributed by atoms with van der Waals surface area (Å²) in [5, 5.41) is 22.4. The van der Waals surface area contributed by atoms with Gasteiger partial charge < -0.3 is 19.8 Å². The van der Waals surface area contributed by atoms with Crippen molar-refractivity contribution in [1.29, 1.82) is 0 Å². The van der Waals surface area contributed by atoms with Crippen LogP contribution in [0.1, 0.15) is 116 Å². The normalized spacial score (nSPS) is 12.9. The summed E-state index contributed by atoms with van der Waals surface area (Å²) in [6.07, 6.45) is 7.60. The van der Waals surface area contributed by atoms with Gasteiger partial charge in [0, 0.05) is 23.8 Å². The fraction of sp³-hybridized carbons (Fsp3) is 0.562. The summed E-state index contributed by atoms with van der Waals surface area (Å²) in [5.41, 5.74) is 2.36. The number of unbranched alkanes of at least 4 members (excludes halogenated alkanes) is 2. The molecule has 0 amide bonds. The maximum absolute atomic E-state index is 11.2. The van der Waals surface area contributed by atoms with E-state index in [4.69, 9.17) is 0 Å². The van der Waals surface area contributed by atoms with Gasteiger partial charge in [-0.1, -0.05) is 128 Å². The number of hydrogen-bond donors (Lipinski definition) is 0. The van der Waals surface area contributed by atoms with Crippen LogP contribution < -0.4 is 10.2 Å². The number of hydrogen-bond acceptors (Lipinski definition) is 4. The topological polar surface area (TPSA) is 80.3 Å². The van der Waals surface area contributed by atoms with E-state index in [2.05, 4.69) is 41.5 Å². The molecule has 0 saturated heterocycles. The molecule has 0 aliphatic heterocycles. The van der Waals surface area contributed by atoms with Crippen molar-refractivity contribution in [2.75, 3.05) is 0 Å². The molecule has 2 unspecified atom stereocenters. The molecule has 0 spiro atoms. The Morgan fingerprint density at radius 2 is 0.892 bits per heavy atom. The minimum atomic E-state index is -0.961. The van der Waals surface area contributed by atoms with E-state index in [0.717, 1.165) is 49.7 Å². The molecular weight excluding hydrogens is 649 g/mol. The van der Waals surface area contributed by atoms with Gasteiger partial charge in [0.05, 0.1) is 0 Å². The van der Waals surface area contributed by atoms with Crippen molar-refractivity contribution in [1.82, 2.24) is 0 Å². The van der Waals surface area contributed by atoms with Crippen LogP contribution in [-0.4, -0.2) is 11.9 Å². The monoisotopic (exact) mass is 696 g/mol. The molecule has 0 bridgehead atoms. The first-order chi connectivity index (χ1) is 16.8. The fourth-order valence-electron chi connectivity index (χ4n) is 4.22. The zero-order chi connectivity index (χ0) is 27.2. The third kappa shape index (κ3) is 16.7. The molecule has 37 heavy (non-hydrogen) atoms. The van der Waals surface area contributed by atoms with Crippen LogP contribution in [0.2, 0.25) is 0 Å². The first-order valence-electron chi connectivity index (χ1n) is 13.3. The molecule has 2 rings (SSSR count). The Kier molecular flexibility index (Phi) is 16.9. The molecule has 0 aromatic heterocycles. The number of carboxylic acid groups (broad SMARTS) is 2. The zero-order valence-electron chi connectivity index (χ0n) is 23.9. The second kappa shape index (κ2) is 17.8. The van der Waals surface area contributed by atoms with E-state index in [1.54, 1.807) is 0 Å². The molecule has 200 valence electrons. The first-order valence-corrected chi connectivity index (χ1v) is 13.3. The molecule has 0 aliphatic rings. The Balaban J connectivity index is 0.000000682. The number of carboxylic acids is 2. The maximum Gasteiger partial charge on any atom is 2.00 e. The molecule has 0 N–H and O–H groups in total. The summed E-state index contributed by atoms with van der Waals surface area (Å²) in [6, 6.07) is 18.8. The average molecular weight is 695 g/mol. The molecule has 0 radical (unpaired) electrons. The average Bonchev–Trinajstić information content (AvgIpc) is 2.78. The number of benzene rings is 2. The van der Waals surface area contributed by atoms with Crippen molar-refractivity contribution in [3.63, 3.8) is 0 Å². The van der Waals surface area contributed by atoms with Gasteiger partial charge in [-0.25, -0.2) is 0 Å². The van der Waals surface area contributed by atoms with Crippen LogP contribution in [0.25, 0.3) is 0 Å². The first kappa shape index (κ1) is 35.3. The Bertz CT molecular complexity index is 807. The van der Waals surface area contributed by atoms with Crippen LogP contribution >= 0.6 is 0 Å². The van der Waals surface area contributed by atoms with Gasteiger partial charge in [-0.2, -0.15) is 0 Å². The van der Waals surface area contributed by atoms with E-state index in [-0.39, 0.29) is 27.7 Å². The van der Waals surface area contributed by atoms with Gasteiger partial charge in [0.2, 0.25) is 0 Å². The summed E-state index contributed by atoms with van der Waals surface area (Å²) in [7, 11) is 0. The van der Waals surface area contributed by atoms with Crippen molar-refractivity contribution >= 4 is 11.9 Å². The minimum absolute atomic E-state index is 0. The molecule has 2 aromatic rings. The summed E-state index contributed by atoms with van der Waals surface area (Å²) in [4.78, 5) is 22.4. The molecule has 0 fully saturated rings. The van der Waals surface area contributed by atoms with Gasteiger partial charge in [0.15, 0.2) is 0 Å². The van der Waals surface area contributed by atoms with Gasteiger partial charge in [-0.15, -0.1) is 0 Å². The number of carbonyl (C=O) groups is 2. The number of rotatable bonds is 12. The summed E-state index contributed by atoms with van der Waals surface area (Å²) >= 11 is 0. The van der Waals surface area contributed by atoms with Crippen molar-refractivity contribution in [3.8, 4) is 0 Å². The van der Waals surface area contributed by atoms with Crippen LogP contribution in [0, 0.1) is 10.8 Å². The third-order valence-electron chi connectivity index (χ3n) is 6.31. The number of carbonyl (C=O) groups excluding carboxylic acids is 2. The molecule has 0 aliphatic carbocycles. The summed E-state index contributed by atoms with van der Waals surface area (Å²) in [6.45, 7) is 13.3. The summed E-state index contributed by atoms with van der Waals surface area (Å²) < 4.78 is 0. The predicted molar refractivity (Wildman–Crippen MR) is 144 cm³/mol. The second-order valence-corrected chi connectivity index (χ2v) is 12.2. The molecule has 0 saturated carbocycles. The van der Waals surface area contributed by atoms with Crippen molar-refractivity contribution in [2.24, 2.45) is 10.8 Å². The van der Waals surface area contributed by atoms with Gasteiger partial charge in [0.25, 0.3) is 0 Å². The van der Waals surface area contributed by atoms with Crippen molar-refractivity contribution in [2.45, 2.75) is 105 Å². The largest absolute Gasteiger partial charge is 2.00 e. The predicted octanol–water partition coefficient (Wildman–Crippen LogP) is 6.25. The number of aliphatic carboxylic acids is 2. The van der Waals surface area contributed by atoms with E-state index < -0.39 is 23.8 Å². The van der Waals surface area contributed by atoms with E-state index in [9.17, 15) is 19.8 Å². The van der Waals surface area contributed by atoms with Crippen LogP contribution in [0.3, 0.4) is 0 Å². The molecular formula is C32H46HgO4. The van der Waals surface area contributed by atoms with E-state index in [1.807, 2.05) is 60.7 Å². The van der Waals surface area contributed by atoms with Crippen LogP contribution in [0.4, 0.5) is 0 Å². The second-order valence-electron chi connectivity index (χ2n) is 12.2. The van der Waals surface area contributed by atoms with Gasteiger partial charge in [0.1, 0.15) is 0 Å². The van der Waals surface area contributed by atoms with Gasteiger partial charge >= 0.3 is 27.7 Å². The van der Waals surface area contributed by atoms with Crippen LogP contribution in [-0.2, 0) is 37.3 Å². The minimum Gasteiger partial charge on any atom is -0.549 e. The van der Waals surface area contributed by atoms with E-state index in [1.165, 1.54) is 0 Å². The van der Waals surface area contributed by atoms with Crippen molar-refractivity contribution < 1.29 is 47.5 Å². The van der Waals surface area contributed by atoms with E-state index >= 15 is 0 Å². The van der Waals surface area contributed by atoms with Gasteiger partial charge in [-0.05, 0) is 47.6 Å². The molecule has 0 heterocycles. The molecule has 2 aromatic carbocycles. The Morgan fingerprint density at radius 3 is 1.14 bits per heavy atom. The Hall–Kier alpha value is -1.68. The third-order valence-corrected chi connectivity index (χ3v) is 6.31. The standard InChI is InChI=1S/2C16H24O2.Hg/c2*1-16(2,3)12-8-7-11-14(15(17)18)13-9-5-4-6-10-13;/h2*4-6,9-10,14H,7-8,11-12H2,1-3H3,(H,17,18);/q;;+2/p-2. The molecule has 2 atom stereocenters.